The van der Waals surface area contributed by atoms with Gasteiger partial charge in [0.15, 0.2) is 0 Å². The molecule has 0 radical (unpaired) electrons. The van der Waals surface area contributed by atoms with Gasteiger partial charge in [-0.1, -0.05) is 41.9 Å². The molecule has 2 aromatic carbocycles. The molecule has 4 nitrogen and oxygen atoms in total. The Hall–Kier alpha value is -2.89. The third kappa shape index (κ3) is 3.16. The van der Waals surface area contributed by atoms with E-state index in [0.717, 1.165) is 16.1 Å². The van der Waals surface area contributed by atoms with E-state index >= 15 is 0 Å². The Balaban J connectivity index is 1.82. The second-order valence-corrected chi connectivity index (χ2v) is 7.48. The quantitative estimate of drug-likeness (QED) is 0.626. The lowest BCUT2D eigenvalue weighted by Gasteiger charge is -2.16. The van der Waals surface area contributed by atoms with E-state index < -0.39 is 5.91 Å². The highest BCUT2D eigenvalue weighted by Gasteiger charge is 2.40. The Morgan fingerprint density at radius 2 is 1.78 bits per heavy atom. The first-order valence-electron chi connectivity index (χ1n) is 8.31. The largest absolute Gasteiger partial charge is 0.350 e. The van der Waals surface area contributed by atoms with Crippen LogP contribution >= 0.6 is 22.9 Å². The topological polar surface area (TPSA) is 49.4 Å². The molecule has 0 bridgehead atoms. The van der Waals surface area contributed by atoms with Crippen molar-refractivity contribution in [2.24, 2.45) is 0 Å². The summed E-state index contributed by atoms with van der Waals surface area (Å²) in [4.78, 5) is 28.3. The van der Waals surface area contributed by atoms with Crippen LogP contribution in [0.4, 0.5) is 11.4 Å². The molecule has 0 unspecified atom stereocenters. The fourth-order valence-corrected chi connectivity index (χ4v) is 3.95. The number of nitrogens with zero attached hydrogens (tertiary/aromatic N) is 1. The lowest BCUT2D eigenvalue weighted by molar-refractivity contribution is -0.120. The minimum Gasteiger partial charge on any atom is -0.350 e. The fraction of sp³-hybridized carbons (Fsp3) is 0.0476. The number of carbonyl (C=O) groups excluding carboxylic acids is 2. The third-order valence-corrected chi connectivity index (χ3v) is 5.45. The second kappa shape index (κ2) is 7.02. The molecule has 0 saturated heterocycles. The van der Waals surface area contributed by atoms with Gasteiger partial charge in [0.1, 0.15) is 5.70 Å². The number of halogens is 1. The van der Waals surface area contributed by atoms with Gasteiger partial charge in [-0.25, -0.2) is 4.90 Å². The van der Waals surface area contributed by atoms with Crippen LogP contribution in [0.2, 0.25) is 5.02 Å². The van der Waals surface area contributed by atoms with Crippen LogP contribution < -0.4 is 10.2 Å². The molecule has 0 saturated carbocycles. The zero-order valence-corrected chi connectivity index (χ0v) is 16.0. The van der Waals surface area contributed by atoms with Gasteiger partial charge in [0, 0.05) is 15.6 Å². The van der Waals surface area contributed by atoms with Crippen molar-refractivity contribution >= 4 is 51.7 Å². The highest BCUT2D eigenvalue weighted by molar-refractivity contribution is 7.11. The standard InChI is InChI=1S/C21H15ClN2O2S/c1-13-6-2-3-9-16(13)23-19-18(17-10-5-11-27-17)20(25)24(21(19)26)15-8-4-7-14(22)12-15/h2-12,23H,1H3. The van der Waals surface area contributed by atoms with Crippen molar-refractivity contribution < 1.29 is 9.59 Å². The molecular weight excluding hydrogens is 380 g/mol. The Bertz CT molecular complexity index is 1070. The summed E-state index contributed by atoms with van der Waals surface area (Å²) < 4.78 is 0. The molecule has 6 heteroatoms. The molecule has 1 aromatic heterocycles. The molecule has 0 spiro atoms. The number of amides is 2. The summed E-state index contributed by atoms with van der Waals surface area (Å²) in [6, 6.07) is 18.1. The van der Waals surface area contributed by atoms with Crippen LogP contribution in [-0.4, -0.2) is 11.8 Å². The van der Waals surface area contributed by atoms with Gasteiger partial charge in [-0.2, -0.15) is 0 Å². The van der Waals surface area contributed by atoms with E-state index in [1.165, 1.54) is 16.2 Å². The lowest BCUT2D eigenvalue weighted by Crippen LogP contribution is -2.32. The summed E-state index contributed by atoms with van der Waals surface area (Å²) in [7, 11) is 0. The molecule has 0 fully saturated rings. The van der Waals surface area contributed by atoms with Gasteiger partial charge >= 0.3 is 0 Å². The SMILES string of the molecule is Cc1ccccc1NC1=C(c2cccs2)C(=O)N(c2cccc(Cl)c2)C1=O. The van der Waals surface area contributed by atoms with E-state index in [0.29, 0.717) is 16.3 Å². The van der Waals surface area contributed by atoms with Crippen LogP contribution in [0, 0.1) is 6.92 Å². The first-order valence-corrected chi connectivity index (χ1v) is 9.57. The van der Waals surface area contributed by atoms with Crippen molar-refractivity contribution in [3.05, 3.63) is 87.2 Å². The number of aryl methyl sites for hydroxylation is 1. The predicted molar refractivity (Wildman–Crippen MR) is 110 cm³/mol. The normalized spacial score (nSPS) is 14.2. The summed E-state index contributed by atoms with van der Waals surface area (Å²) in [5, 5.41) is 5.53. The first-order chi connectivity index (χ1) is 13.1. The predicted octanol–water partition coefficient (Wildman–Crippen LogP) is 5.11. The maximum absolute atomic E-state index is 13.2. The van der Waals surface area contributed by atoms with Gasteiger partial charge in [-0.3, -0.25) is 9.59 Å². The van der Waals surface area contributed by atoms with Crippen molar-refractivity contribution in [2.75, 3.05) is 10.2 Å². The highest BCUT2D eigenvalue weighted by Crippen LogP contribution is 2.36. The van der Waals surface area contributed by atoms with Crippen LogP contribution in [0.3, 0.4) is 0 Å². The molecule has 1 aliphatic rings. The van der Waals surface area contributed by atoms with E-state index in [4.69, 9.17) is 11.6 Å². The van der Waals surface area contributed by atoms with Crippen molar-refractivity contribution in [3.8, 4) is 0 Å². The zero-order valence-electron chi connectivity index (χ0n) is 14.4. The maximum Gasteiger partial charge on any atom is 0.282 e. The number of hydrogen-bond donors (Lipinski definition) is 1. The van der Waals surface area contributed by atoms with Crippen molar-refractivity contribution in [1.82, 2.24) is 0 Å². The van der Waals surface area contributed by atoms with E-state index in [1.807, 2.05) is 48.7 Å². The lowest BCUT2D eigenvalue weighted by atomic mass is 10.1. The van der Waals surface area contributed by atoms with E-state index in [1.54, 1.807) is 24.3 Å². The fourth-order valence-electron chi connectivity index (χ4n) is 2.99. The smallest absolute Gasteiger partial charge is 0.282 e. The molecule has 3 aromatic rings. The first kappa shape index (κ1) is 17.5. The molecule has 27 heavy (non-hydrogen) atoms. The highest BCUT2D eigenvalue weighted by atomic mass is 35.5. The molecule has 4 rings (SSSR count). The van der Waals surface area contributed by atoms with E-state index in [2.05, 4.69) is 5.32 Å². The molecule has 0 aliphatic carbocycles. The molecule has 2 heterocycles. The zero-order chi connectivity index (χ0) is 19.0. The van der Waals surface area contributed by atoms with Gasteiger partial charge in [0.05, 0.1) is 11.3 Å². The Morgan fingerprint density at radius 1 is 0.963 bits per heavy atom. The number of thiophene rings is 1. The molecule has 0 atom stereocenters. The number of imide groups is 1. The maximum atomic E-state index is 13.2. The summed E-state index contributed by atoms with van der Waals surface area (Å²) in [5.41, 5.74) is 2.87. The summed E-state index contributed by atoms with van der Waals surface area (Å²) in [6.07, 6.45) is 0. The summed E-state index contributed by atoms with van der Waals surface area (Å²) in [6.45, 7) is 1.95. The monoisotopic (exact) mass is 394 g/mol. The number of carbonyl (C=O) groups is 2. The van der Waals surface area contributed by atoms with Crippen LogP contribution in [0.25, 0.3) is 5.57 Å². The number of para-hydroxylation sites is 1. The van der Waals surface area contributed by atoms with Gasteiger partial charge in [-0.15, -0.1) is 11.3 Å². The van der Waals surface area contributed by atoms with Gasteiger partial charge in [-0.05, 0) is 48.2 Å². The summed E-state index contributed by atoms with van der Waals surface area (Å²) >= 11 is 7.49. The summed E-state index contributed by atoms with van der Waals surface area (Å²) in [5.74, 6) is -0.755. The van der Waals surface area contributed by atoms with Gasteiger partial charge in [0.25, 0.3) is 11.8 Å². The minimum absolute atomic E-state index is 0.275. The number of anilines is 2. The van der Waals surface area contributed by atoms with Gasteiger partial charge < -0.3 is 5.32 Å². The van der Waals surface area contributed by atoms with Crippen molar-refractivity contribution in [1.29, 1.82) is 0 Å². The molecule has 134 valence electrons. The average Bonchev–Trinajstić information content (AvgIpc) is 3.24. The number of hydrogen-bond acceptors (Lipinski definition) is 4. The third-order valence-electron chi connectivity index (χ3n) is 4.32. The van der Waals surface area contributed by atoms with E-state index in [-0.39, 0.29) is 11.6 Å². The van der Waals surface area contributed by atoms with Crippen LogP contribution in [0.1, 0.15) is 10.4 Å². The number of benzene rings is 2. The van der Waals surface area contributed by atoms with Crippen molar-refractivity contribution in [3.63, 3.8) is 0 Å². The second-order valence-electron chi connectivity index (χ2n) is 6.09. The Labute approximate surface area is 165 Å². The molecule has 1 aliphatic heterocycles. The van der Waals surface area contributed by atoms with E-state index in [9.17, 15) is 9.59 Å². The Morgan fingerprint density at radius 3 is 2.48 bits per heavy atom. The van der Waals surface area contributed by atoms with Crippen LogP contribution in [0.15, 0.2) is 71.7 Å². The van der Waals surface area contributed by atoms with Crippen LogP contribution in [0.5, 0.6) is 0 Å². The number of rotatable bonds is 4. The van der Waals surface area contributed by atoms with Gasteiger partial charge in [0.2, 0.25) is 0 Å². The van der Waals surface area contributed by atoms with Crippen molar-refractivity contribution in [2.45, 2.75) is 6.92 Å². The average molecular weight is 395 g/mol. The number of nitrogens with one attached hydrogen (secondary N) is 1. The molecular formula is C21H15ClN2O2S. The molecule has 2 amide bonds. The Kier molecular flexibility index (Phi) is 4.56. The van der Waals surface area contributed by atoms with Crippen LogP contribution in [-0.2, 0) is 9.59 Å². The minimum atomic E-state index is -0.395. The molecule has 1 N–H and O–H groups in total.